The normalized spacial score (nSPS) is 12.3. The summed E-state index contributed by atoms with van der Waals surface area (Å²) in [6, 6.07) is 8.94. The Morgan fingerprint density at radius 2 is 2.05 bits per heavy atom. The standard InChI is InChI=1S/C15H18N2O2S/c1-10(2)13-9-16-15(20-13)17-12(14(18)19)8-11-6-4-3-5-7-11/h3-7,9-10,12H,8H2,1-2H3,(H,16,17)(H,18,19)/t12-/m0/s1. The van der Waals surface area contributed by atoms with E-state index in [1.165, 1.54) is 11.3 Å². The van der Waals surface area contributed by atoms with E-state index in [-0.39, 0.29) is 0 Å². The Morgan fingerprint density at radius 3 is 2.60 bits per heavy atom. The SMILES string of the molecule is CC(C)c1cnc(N[C@@H](Cc2ccccc2)C(=O)O)s1. The maximum absolute atomic E-state index is 11.4. The van der Waals surface area contributed by atoms with E-state index in [0.29, 0.717) is 17.5 Å². The van der Waals surface area contributed by atoms with Crippen LogP contribution in [0.3, 0.4) is 0 Å². The van der Waals surface area contributed by atoms with Crippen LogP contribution in [0, 0.1) is 0 Å². The predicted octanol–water partition coefficient (Wildman–Crippen LogP) is 3.37. The van der Waals surface area contributed by atoms with E-state index in [4.69, 9.17) is 0 Å². The molecule has 0 radical (unpaired) electrons. The second-order valence-corrected chi connectivity index (χ2v) is 6.01. The van der Waals surface area contributed by atoms with Crippen LogP contribution < -0.4 is 5.32 Å². The summed E-state index contributed by atoms with van der Waals surface area (Å²) in [6.07, 6.45) is 2.24. The molecule has 1 aromatic carbocycles. The molecule has 1 aromatic heterocycles. The molecule has 20 heavy (non-hydrogen) atoms. The van der Waals surface area contributed by atoms with Crippen LogP contribution in [-0.4, -0.2) is 22.1 Å². The lowest BCUT2D eigenvalue weighted by Crippen LogP contribution is -2.31. The van der Waals surface area contributed by atoms with Crippen molar-refractivity contribution in [1.29, 1.82) is 0 Å². The highest BCUT2D eigenvalue weighted by molar-refractivity contribution is 7.15. The Labute approximate surface area is 122 Å². The lowest BCUT2D eigenvalue weighted by Gasteiger charge is -2.13. The van der Waals surface area contributed by atoms with Gasteiger partial charge in [-0.25, -0.2) is 9.78 Å². The van der Waals surface area contributed by atoms with Crippen molar-refractivity contribution >= 4 is 22.4 Å². The van der Waals surface area contributed by atoms with Gasteiger partial charge < -0.3 is 10.4 Å². The van der Waals surface area contributed by atoms with E-state index in [1.54, 1.807) is 6.20 Å². The fourth-order valence-electron chi connectivity index (χ4n) is 1.82. The lowest BCUT2D eigenvalue weighted by atomic mass is 10.1. The van der Waals surface area contributed by atoms with Crippen molar-refractivity contribution in [2.75, 3.05) is 5.32 Å². The topological polar surface area (TPSA) is 62.2 Å². The van der Waals surface area contributed by atoms with E-state index in [0.717, 1.165) is 10.4 Å². The van der Waals surface area contributed by atoms with Crippen LogP contribution in [-0.2, 0) is 11.2 Å². The van der Waals surface area contributed by atoms with Gasteiger partial charge in [0.2, 0.25) is 0 Å². The van der Waals surface area contributed by atoms with Crippen LogP contribution in [0.2, 0.25) is 0 Å². The Hall–Kier alpha value is -1.88. The summed E-state index contributed by atoms with van der Waals surface area (Å²) < 4.78 is 0. The highest BCUT2D eigenvalue weighted by atomic mass is 32.1. The maximum Gasteiger partial charge on any atom is 0.326 e. The van der Waals surface area contributed by atoms with Crippen LogP contribution in [0.5, 0.6) is 0 Å². The zero-order valence-electron chi connectivity index (χ0n) is 11.5. The Morgan fingerprint density at radius 1 is 1.35 bits per heavy atom. The van der Waals surface area contributed by atoms with Crippen LogP contribution in [0.15, 0.2) is 36.5 Å². The van der Waals surface area contributed by atoms with Crippen molar-refractivity contribution in [2.45, 2.75) is 32.2 Å². The Bertz CT molecular complexity index is 566. The summed E-state index contributed by atoms with van der Waals surface area (Å²) in [4.78, 5) is 16.8. The van der Waals surface area contributed by atoms with E-state index >= 15 is 0 Å². The van der Waals surface area contributed by atoms with E-state index in [1.807, 2.05) is 30.3 Å². The van der Waals surface area contributed by atoms with Gasteiger partial charge in [-0.1, -0.05) is 44.2 Å². The van der Waals surface area contributed by atoms with Gasteiger partial charge in [-0.3, -0.25) is 0 Å². The van der Waals surface area contributed by atoms with Crippen LogP contribution in [0.25, 0.3) is 0 Å². The number of hydrogen-bond acceptors (Lipinski definition) is 4. The van der Waals surface area contributed by atoms with Gasteiger partial charge in [-0.15, -0.1) is 11.3 Å². The molecular formula is C15H18N2O2S. The lowest BCUT2D eigenvalue weighted by molar-refractivity contribution is -0.137. The summed E-state index contributed by atoms with van der Waals surface area (Å²) in [5.41, 5.74) is 0.994. The van der Waals surface area contributed by atoms with Gasteiger partial charge in [-0.05, 0) is 11.5 Å². The number of hydrogen-bond donors (Lipinski definition) is 2. The number of carbonyl (C=O) groups is 1. The zero-order chi connectivity index (χ0) is 14.5. The molecule has 0 aliphatic heterocycles. The first-order valence-electron chi connectivity index (χ1n) is 6.55. The Balaban J connectivity index is 2.07. The highest BCUT2D eigenvalue weighted by Crippen LogP contribution is 2.25. The molecule has 1 heterocycles. The summed E-state index contributed by atoms with van der Waals surface area (Å²) in [5.74, 6) is -0.462. The number of carboxylic acids is 1. The molecule has 0 fully saturated rings. The van der Waals surface area contributed by atoms with Gasteiger partial charge in [0.25, 0.3) is 0 Å². The summed E-state index contributed by atoms with van der Waals surface area (Å²) in [5, 5.41) is 13.0. The van der Waals surface area contributed by atoms with E-state index in [9.17, 15) is 9.90 Å². The van der Waals surface area contributed by atoms with Crippen molar-refractivity contribution in [1.82, 2.24) is 4.98 Å². The number of nitrogens with one attached hydrogen (secondary N) is 1. The number of thiazole rings is 1. The molecule has 0 saturated carbocycles. The third-order valence-electron chi connectivity index (χ3n) is 2.97. The van der Waals surface area contributed by atoms with Crippen molar-refractivity contribution in [3.8, 4) is 0 Å². The van der Waals surface area contributed by atoms with Crippen molar-refractivity contribution in [2.24, 2.45) is 0 Å². The minimum absolute atomic E-state index is 0.403. The number of aliphatic carboxylic acids is 1. The molecule has 106 valence electrons. The highest BCUT2D eigenvalue weighted by Gasteiger charge is 2.19. The number of nitrogens with zero attached hydrogens (tertiary/aromatic N) is 1. The fourth-order valence-corrected chi connectivity index (χ4v) is 2.69. The molecule has 2 aromatic rings. The average molecular weight is 290 g/mol. The first-order chi connectivity index (χ1) is 9.56. The van der Waals surface area contributed by atoms with Gasteiger partial charge in [0.05, 0.1) is 0 Å². The van der Waals surface area contributed by atoms with E-state index < -0.39 is 12.0 Å². The fraction of sp³-hybridized carbons (Fsp3) is 0.333. The molecule has 1 atom stereocenters. The quantitative estimate of drug-likeness (QED) is 0.856. The average Bonchev–Trinajstić information content (AvgIpc) is 2.88. The molecule has 0 bridgehead atoms. The number of carboxylic acid groups (broad SMARTS) is 1. The van der Waals surface area contributed by atoms with Crippen molar-refractivity contribution < 1.29 is 9.90 Å². The first-order valence-corrected chi connectivity index (χ1v) is 7.37. The summed E-state index contributed by atoms with van der Waals surface area (Å²) in [6.45, 7) is 4.19. The Kier molecular flexibility index (Phi) is 4.74. The molecular weight excluding hydrogens is 272 g/mol. The van der Waals surface area contributed by atoms with Crippen LogP contribution in [0.4, 0.5) is 5.13 Å². The van der Waals surface area contributed by atoms with E-state index in [2.05, 4.69) is 24.1 Å². The minimum Gasteiger partial charge on any atom is -0.480 e. The number of rotatable bonds is 6. The molecule has 0 aliphatic carbocycles. The molecule has 2 N–H and O–H groups in total. The minimum atomic E-state index is -0.866. The largest absolute Gasteiger partial charge is 0.480 e. The van der Waals surface area contributed by atoms with Gasteiger partial charge in [0.15, 0.2) is 5.13 Å². The molecule has 0 aliphatic rings. The molecule has 4 nitrogen and oxygen atoms in total. The monoisotopic (exact) mass is 290 g/mol. The molecule has 0 spiro atoms. The third kappa shape index (κ3) is 3.81. The predicted molar refractivity (Wildman–Crippen MR) is 81.4 cm³/mol. The van der Waals surface area contributed by atoms with Crippen LogP contribution >= 0.6 is 11.3 Å². The van der Waals surface area contributed by atoms with Crippen LogP contribution in [0.1, 0.15) is 30.2 Å². The second-order valence-electron chi connectivity index (χ2n) is 4.95. The maximum atomic E-state index is 11.4. The number of benzene rings is 1. The first kappa shape index (κ1) is 14.5. The number of aromatic nitrogens is 1. The molecule has 5 heteroatoms. The summed E-state index contributed by atoms with van der Waals surface area (Å²) >= 11 is 1.51. The second kappa shape index (κ2) is 6.52. The number of anilines is 1. The van der Waals surface area contributed by atoms with Gasteiger partial charge in [0, 0.05) is 17.5 Å². The van der Waals surface area contributed by atoms with Gasteiger partial charge >= 0.3 is 5.97 Å². The van der Waals surface area contributed by atoms with Crippen molar-refractivity contribution in [3.05, 3.63) is 47.0 Å². The molecule has 0 saturated heterocycles. The smallest absolute Gasteiger partial charge is 0.326 e. The molecule has 2 rings (SSSR count). The van der Waals surface area contributed by atoms with Gasteiger partial charge in [-0.2, -0.15) is 0 Å². The third-order valence-corrected chi connectivity index (χ3v) is 4.20. The van der Waals surface area contributed by atoms with Gasteiger partial charge in [0.1, 0.15) is 6.04 Å². The molecule has 0 amide bonds. The summed E-state index contributed by atoms with van der Waals surface area (Å²) in [7, 11) is 0. The molecule has 0 unspecified atom stereocenters. The van der Waals surface area contributed by atoms with Crippen molar-refractivity contribution in [3.63, 3.8) is 0 Å². The zero-order valence-corrected chi connectivity index (χ0v) is 12.4.